The zero-order valence-corrected chi connectivity index (χ0v) is 11.9. The van der Waals surface area contributed by atoms with Gasteiger partial charge < -0.3 is 4.90 Å². The molecular formula is C16H25NO. The number of amides is 1. The number of unbranched alkanes of at least 4 members (excludes halogenated alkanes) is 2. The molecule has 0 heterocycles. The van der Waals surface area contributed by atoms with Crippen molar-refractivity contribution in [3.8, 4) is 0 Å². The smallest absolute Gasteiger partial charge is 0.253 e. The summed E-state index contributed by atoms with van der Waals surface area (Å²) >= 11 is 0. The van der Waals surface area contributed by atoms with Crippen LogP contribution in [0.3, 0.4) is 0 Å². The minimum Gasteiger partial charge on any atom is -0.339 e. The van der Waals surface area contributed by atoms with Crippen LogP contribution in [0.4, 0.5) is 0 Å². The molecule has 0 fully saturated rings. The number of benzene rings is 1. The van der Waals surface area contributed by atoms with Crippen LogP contribution in [0, 0.1) is 6.92 Å². The Morgan fingerprint density at radius 3 is 1.94 bits per heavy atom. The van der Waals surface area contributed by atoms with E-state index in [-0.39, 0.29) is 5.91 Å². The highest BCUT2D eigenvalue weighted by atomic mass is 16.2. The Morgan fingerprint density at radius 1 is 1.00 bits per heavy atom. The second-order valence-electron chi connectivity index (χ2n) is 4.87. The molecule has 0 unspecified atom stereocenters. The van der Waals surface area contributed by atoms with Gasteiger partial charge in [0.15, 0.2) is 0 Å². The highest BCUT2D eigenvalue weighted by molar-refractivity contribution is 5.94. The van der Waals surface area contributed by atoms with E-state index in [9.17, 15) is 4.79 Å². The normalized spacial score (nSPS) is 10.4. The second-order valence-corrected chi connectivity index (χ2v) is 4.87. The van der Waals surface area contributed by atoms with E-state index in [4.69, 9.17) is 0 Å². The molecule has 18 heavy (non-hydrogen) atoms. The zero-order chi connectivity index (χ0) is 13.4. The molecule has 1 aromatic carbocycles. The van der Waals surface area contributed by atoms with E-state index in [1.807, 2.05) is 36.1 Å². The Morgan fingerprint density at radius 2 is 1.50 bits per heavy atom. The van der Waals surface area contributed by atoms with E-state index in [2.05, 4.69) is 13.8 Å². The van der Waals surface area contributed by atoms with Crippen molar-refractivity contribution in [2.75, 3.05) is 13.1 Å². The molecule has 0 aliphatic rings. The Balaban J connectivity index is 2.70. The molecule has 0 atom stereocenters. The molecular weight excluding hydrogens is 222 g/mol. The summed E-state index contributed by atoms with van der Waals surface area (Å²) in [6.07, 6.45) is 4.43. The summed E-state index contributed by atoms with van der Waals surface area (Å²) in [6.45, 7) is 8.12. The van der Waals surface area contributed by atoms with Gasteiger partial charge in [-0.1, -0.05) is 44.4 Å². The Kier molecular flexibility index (Phi) is 6.48. The van der Waals surface area contributed by atoms with Crippen LogP contribution in [0.1, 0.15) is 55.5 Å². The third-order valence-corrected chi connectivity index (χ3v) is 3.15. The highest BCUT2D eigenvalue weighted by Crippen LogP contribution is 2.09. The first-order valence-electron chi connectivity index (χ1n) is 7.05. The molecule has 2 nitrogen and oxygen atoms in total. The van der Waals surface area contributed by atoms with Gasteiger partial charge in [0, 0.05) is 18.7 Å². The summed E-state index contributed by atoms with van der Waals surface area (Å²) in [7, 11) is 0. The number of rotatable bonds is 7. The summed E-state index contributed by atoms with van der Waals surface area (Å²) in [6, 6.07) is 7.88. The average Bonchev–Trinajstić information content (AvgIpc) is 2.39. The van der Waals surface area contributed by atoms with Crippen LogP contribution in [-0.2, 0) is 0 Å². The molecule has 0 bridgehead atoms. The molecule has 0 saturated carbocycles. The molecule has 1 amide bonds. The van der Waals surface area contributed by atoms with Gasteiger partial charge in [-0.2, -0.15) is 0 Å². The molecule has 0 aromatic heterocycles. The second kappa shape index (κ2) is 7.91. The predicted octanol–water partition coefficient (Wildman–Crippen LogP) is 4.04. The standard InChI is InChI=1S/C16H25NO/c1-4-6-12-17(13-7-5-2)16(18)15-10-8-14(3)9-11-15/h8-11H,4-7,12-13H2,1-3H3. The lowest BCUT2D eigenvalue weighted by molar-refractivity contribution is 0.0751. The maximum atomic E-state index is 12.4. The van der Waals surface area contributed by atoms with E-state index >= 15 is 0 Å². The minimum atomic E-state index is 0.178. The molecule has 1 rings (SSSR count). The van der Waals surface area contributed by atoms with Gasteiger partial charge in [-0.15, -0.1) is 0 Å². The summed E-state index contributed by atoms with van der Waals surface area (Å²) in [4.78, 5) is 14.4. The summed E-state index contributed by atoms with van der Waals surface area (Å²) in [5.74, 6) is 0.178. The SMILES string of the molecule is CCCCN(CCCC)C(=O)c1ccc(C)cc1. The van der Waals surface area contributed by atoms with Gasteiger partial charge in [-0.25, -0.2) is 0 Å². The third-order valence-electron chi connectivity index (χ3n) is 3.15. The highest BCUT2D eigenvalue weighted by Gasteiger charge is 2.14. The van der Waals surface area contributed by atoms with Crippen LogP contribution >= 0.6 is 0 Å². The number of nitrogens with zero attached hydrogens (tertiary/aromatic N) is 1. The molecule has 0 radical (unpaired) electrons. The van der Waals surface area contributed by atoms with Gasteiger partial charge >= 0.3 is 0 Å². The fraction of sp³-hybridized carbons (Fsp3) is 0.562. The Hall–Kier alpha value is -1.31. The maximum absolute atomic E-state index is 12.4. The van der Waals surface area contributed by atoms with Crippen molar-refractivity contribution in [3.63, 3.8) is 0 Å². The maximum Gasteiger partial charge on any atom is 0.253 e. The number of hydrogen-bond donors (Lipinski definition) is 0. The number of carbonyl (C=O) groups excluding carboxylic acids is 1. The van der Waals surface area contributed by atoms with E-state index in [1.165, 1.54) is 5.56 Å². The van der Waals surface area contributed by atoms with Gasteiger partial charge in [0.25, 0.3) is 5.91 Å². The van der Waals surface area contributed by atoms with Crippen molar-refractivity contribution in [1.29, 1.82) is 0 Å². The molecule has 2 heteroatoms. The first-order valence-corrected chi connectivity index (χ1v) is 7.05. The van der Waals surface area contributed by atoms with Crippen molar-refractivity contribution in [2.45, 2.75) is 46.5 Å². The molecule has 1 aromatic rings. The molecule has 0 saturated heterocycles. The van der Waals surface area contributed by atoms with Gasteiger partial charge in [0.05, 0.1) is 0 Å². The van der Waals surface area contributed by atoms with E-state index < -0.39 is 0 Å². The van der Waals surface area contributed by atoms with E-state index in [0.717, 1.165) is 44.3 Å². The van der Waals surface area contributed by atoms with Gasteiger partial charge in [0.1, 0.15) is 0 Å². The Labute approximate surface area is 111 Å². The molecule has 0 aliphatic carbocycles. The molecule has 0 spiro atoms. The lowest BCUT2D eigenvalue weighted by Crippen LogP contribution is -2.32. The van der Waals surface area contributed by atoms with Gasteiger partial charge in [0.2, 0.25) is 0 Å². The summed E-state index contributed by atoms with van der Waals surface area (Å²) < 4.78 is 0. The first-order chi connectivity index (χ1) is 8.69. The predicted molar refractivity (Wildman–Crippen MR) is 76.9 cm³/mol. The van der Waals surface area contributed by atoms with Crippen LogP contribution in [0.25, 0.3) is 0 Å². The van der Waals surface area contributed by atoms with Crippen LogP contribution in [-0.4, -0.2) is 23.9 Å². The van der Waals surface area contributed by atoms with E-state index in [1.54, 1.807) is 0 Å². The Bertz CT molecular complexity index is 348. The largest absolute Gasteiger partial charge is 0.339 e. The summed E-state index contributed by atoms with van der Waals surface area (Å²) in [5, 5.41) is 0. The fourth-order valence-electron chi connectivity index (χ4n) is 1.89. The quantitative estimate of drug-likeness (QED) is 0.712. The van der Waals surface area contributed by atoms with Crippen LogP contribution < -0.4 is 0 Å². The third kappa shape index (κ3) is 4.52. The van der Waals surface area contributed by atoms with Crippen molar-refractivity contribution >= 4 is 5.91 Å². The molecule has 100 valence electrons. The topological polar surface area (TPSA) is 20.3 Å². The van der Waals surface area contributed by atoms with Crippen LogP contribution in [0.2, 0.25) is 0 Å². The number of hydrogen-bond acceptors (Lipinski definition) is 1. The molecule has 0 aliphatic heterocycles. The number of aryl methyl sites for hydroxylation is 1. The lowest BCUT2D eigenvalue weighted by Gasteiger charge is -2.22. The molecule has 0 N–H and O–H groups in total. The van der Waals surface area contributed by atoms with Gasteiger partial charge in [-0.05, 0) is 31.9 Å². The fourth-order valence-corrected chi connectivity index (χ4v) is 1.89. The summed E-state index contributed by atoms with van der Waals surface area (Å²) in [5.41, 5.74) is 2.01. The van der Waals surface area contributed by atoms with E-state index in [0.29, 0.717) is 0 Å². The van der Waals surface area contributed by atoms with Crippen LogP contribution in [0.15, 0.2) is 24.3 Å². The first kappa shape index (κ1) is 14.7. The minimum absolute atomic E-state index is 0.178. The monoisotopic (exact) mass is 247 g/mol. The van der Waals surface area contributed by atoms with Crippen molar-refractivity contribution < 1.29 is 4.79 Å². The van der Waals surface area contributed by atoms with Crippen molar-refractivity contribution in [1.82, 2.24) is 4.90 Å². The lowest BCUT2D eigenvalue weighted by atomic mass is 10.1. The number of carbonyl (C=O) groups is 1. The van der Waals surface area contributed by atoms with Crippen LogP contribution in [0.5, 0.6) is 0 Å². The van der Waals surface area contributed by atoms with Crippen molar-refractivity contribution in [3.05, 3.63) is 35.4 Å². The average molecular weight is 247 g/mol. The zero-order valence-electron chi connectivity index (χ0n) is 11.9. The van der Waals surface area contributed by atoms with Gasteiger partial charge in [-0.3, -0.25) is 4.79 Å². The van der Waals surface area contributed by atoms with Crippen molar-refractivity contribution in [2.24, 2.45) is 0 Å².